The zero-order valence-corrected chi connectivity index (χ0v) is 10.6. The van der Waals surface area contributed by atoms with Crippen LogP contribution in [0.5, 0.6) is 0 Å². The molecule has 0 aliphatic carbocycles. The highest BCUT2D eigenvalue weighted by Crippen LogP contribution is 2.17. The monoisotopic (exact) mass is 253 g/mol. The molecule has 0 aliphatic rings. The van der Waals surface area contributed by atoms with Crippen LogP contribution in [0.2, 0.25) is 5.02 Å². The Kier molecular flexibility index (Phi) is 4.52. The van der Waals surface area contributed by atoms with E-state index in [2.05, 4.69) is 5.32 Å². The number of carbonyl (C=O) groups excluding carboxylic acids is 1. The fourth-order valence-corrected chi connectivity index (χ4v) is 1.50. The summed E-state index contributed by atoms with van der Waals surface area (Å²) in [7, 11) is 0. The molecule has 1 aromatic carbocycles. The molecule has 0 fully saturated rings. The molecule has 0 spiro atoms. The van der Waals surface area contributed by atoms with Crippen LogP contribution in [0.15, 0.2) is 18.2 Å². The van der Waals surface area contributed by atoms with Crippen LogP contribution in [0.25, 0.3) is 0 Å². The summed E-state index contributed by atoms with van der Waals surface area (Å²) in [4.78, 5) is 11.4. The minimum atomic E-state index is -0.0768. The van der Waals surface area contributed by atoms with Crippen LogP contribution in [0, 0.1) is 11.3 Å². The number of nitrogens with two attached hydrogens (primary N) is 1. The van der Waals surface area contributed by atoms with E-state index in [0.29, 0.717) is 17.1 Å². The molecule has 0 bridgehead atoms. The smallest absolute Gasteiger partial charge is 0.222 e. The first-order valence-electron chi connectivity index (χ1n) is 5.32. The lowest BCUT2D eigenvalue weighted by Crippen LogP contribution is -2.27. The Morgan fingerprint density at radius 2 is 2.18 bits per heavy atom. The van der Waals surface area contributed by atoms with Gasteiger partial charge in [-0.15, -0.1) is 0 Å². The van der Waals surface area contributed by atoms with Gasteiger partial charge < -0.3 is 11.1 Å². The summed E-state index contributed by atoms with van der Waals surface area (Å²) < 4.78 is 0. The summed E-state index contributed by atoms with van der Waals surface area (Å²) in [6.07, 6.45) is 0. The summed E-state index contributed by atoms with van der Waals surface area (Å²) in [6, 6.07) is 5.19. The van der Waals surface area contributed by atoms with Gasteiger partial charge in [-0.3, -0.25) is 10.2 Å². The predicted molar refractivity (Wildman–Crippen MR) is 69.2 cm³/mol. The number of benzene rings is 1. The van der Waals surface area contributed by atoms with Gasteiger partial charge in [0.2, 0.25) is 5.91 Å². The Labute approximate surface area is 106 Å². The Bertz CT molecular complexity index is 443. The number of nitrogen functional groups attached to an aromatic ring is 1. The van der Waals surface area contributed by atoms with E-state index in [1.54, 1.807) is 18.2 Å². The topological polar surface area (TPSA) is 79.0 Å². The molecule has 0 atom stereocenters. The Hall–Kier alpha value is -1.55. The average Bonchev–Trinajstić information content (AvgIpc) is 2.26. The predicted octanol–water partition coefficient (Wildman–Crippen LogP) is 1.90. The number of hydrogen-bond donors (Lipinski definition) is 3. The van der Waals surface area contributed by atoms with Gasteiger partial charge in [0, 0.05) is 18.0 Å². The van der Waals surface area contributed by atoms with Gasteiger partial charge in [-0.1, -0.05) is 31.5 Å². The molecule has 0 saturated heterocycles. The van der Waals surface area contributed by atoms with Crippen molar-refractivity contribution >= 4 is 23.3 Å². The van der Waals surface area contributed by atoms with Crippen molar-refractivity contribution in [3.8, 4) is 0 Å². The van der Waals surface area contributed by atoms with Gasteiger partial charge in [-0.25, -0.2) is 0 Å². The van der Waals surface area contributed by atoms with E-state index in [0.717, 1.165) is 5.56 Å². The molecule has 5 heteroatoms. The fraction of sp³-hybridized carbons (Fsp3) is 0.333. The second kappa shape index (κ2) is 5.68. The molecule has 17 heavy (non-hydrogen) atoms. The fourth-order valence-electron chi connectivity index (χ4n) is 1.28. The average molecular weight is 254 g/mol. The van der Waals surface area contributed by atoms with E-state index in [1.165, 1.54) is 0 Å². The highest BCUT2D eigenvalue weighted by Gasteiger charge is 2.08. The molecule has 0 aromatic heterocycles. The molecular weight excluding hydrogens is 238 g/mol. The second-order valence-corrected chi connectivity index (χ2v) is 4.51. The van der Waals surface area contributed by atoms with Gasteiger partial charge in [-0.05, 0) is 17.7 Å². The van der Waals surface area contributed by atoms with E-state index >= 15 is 0 Å². The van der Waals surface area contributed by atoms with Crippen molar-refractivity contribution in [2.75, 3.05) is 0 Å². The third-order valence-electron chi connectivity index (χ3n) is 2.31. The minimum absolute atomic E-state index is 0.00988. The standard InChI is InChI=1S/C12H16ClN3O/c1-7(2)12(17)16-6-8-3-4-10(13)9(5-8)11(14)15/h3-5,7H,6H2,1-2H3,(H3,14,15)(H,16,17). The SMILES string of the molecule is CC(C)C(=O)NCc1ccc(Cl)c(C(=N)N)c1. The Morgan fingerprint density at radius 1 is 1.53 bits per heavy atom. The maximum atomic E-state index is 11.4. The van der Waals surface area contributed by atoms with Crippen molar-refractivity contribution < 1.29 is 4.79 Å². The van der Waals surface area contributed by atoms with Crippen molar-refractivity contribution in [3.05, 3.63) is 34.3 Å². The maximum Gasteiger partial charge on any atom is 0.222 e. The van der Waals surface area contributed by atoms with Crippen LogP contribution in [-0.2, 0) is 11.3 Å². The van der Waals surface area contributed by atoms with Gasteiger partial charge >= 0.3 is 0 Å². The number of nitrogens with one attached hydrogen (secondary N) is 2. The molecule has 1 rings (SSSR count). The quantitative estimate of drug-likeness (QED) is 0.566. The molecule has 0 radical (unpaired) electrons. The lowest BCUT2D eigenvalue weighted by Gasteiger charge is -2.09. The van der Waals surface area contributed by atoms with Gasteiger partial charge in [0.15, 0.2) is 0 Å². The molecule has 1 amide bonds. The second-order valence-electron chi connectivity index (χ2n) is 4.10. The number of halogens is 1. The summed E-state index contributed by atoms with van der Waals surface area (Å²) in [5.41, 5.74) is 6.76. The zero-order valence-electron chi connectivity index (χ0n) is 9.88. The van der Waals surface area contributed by atoms with Crippen LogP contribution in [0.3, 0.4) is 0 Å². The maximum absolute atomic E-state index is 11.4. The first-order chi connectivity index (χ1) is 7.91. The van der Waals surface area contributed by atoms with Crippen LogP contribution < -0.4 is 11.1 Å². The molecular formula is C12H16ClN3O. The molecule has 4 N–H and O–H groups in total. The van der Waals surface area contributed by atoms with Gasteiger partial charge in [0.05, 0.1) is 5.02 Å². The van der Waals surface area contributed by atoms with E-state index in [4.69, 9.17) is 22.7 Å². The van der Waals surface area contributed by atoms with Crippen LogP contribution in [0.1, 0.15) is 25.0 Å². The van der Waals surface area contributed by atoms with Crippen molar-refractivity contribution in [1.82, 2.24) is 5.32 Å². The van der Waals surface area contributed by atoms with Crippen molar-refractivity contribution in [3.63, 3.8) is 0 Å². The summed E-state index contributed by atoms with van der Waals surface area (Å²) in [5, 5.41) is 10.6. The molecule has 0 saturated carbocycles. The van der Waals surface area contributed by atoms with Crippen LogP contribution >= 0.6 is 11.6 Å². The van der Waals surface area contributed by atoms with Crippen LogP contribution in [-0.4, -0.2) is 11.7 Å². The number of hydrogen-bond acceptors (Lipinski definition) is 2. The molecule has 0 unspecified atom stereocenters. The normalized spacial score (nSPS) is 10.4. The van der Waals surface area contributed by atoms with E-state index in [9.17, 15) is 4.79 Å². The number of rotatable bonds is 4. The van der Waals surface area contributed by atoms with E-state index in [-0.39, 0.29) is 17.7 Å². The molecule has 0 heterocycles. The van der Waals surface area contributed by atoms with Gasteiger partial charge in [0.25, 0.3) is 0 Å². The largest absolute Gasteiger partial charge is 0.384 e. The molecule has 1 aromatic rings. The zero-order chi connectivity index (χ0) is 13.0. The number of amidine groups is 1. The first-order valence-corrected chi connectivity index (χ1v) is 5.70. The lowest BCUT2D eigenvalue weighted by atomic mass is 10.1. The first kappa shape index (κ1) is 13.5. The summed E-state index contributed by atoms with van der Waals surface area (Å²) in [5.74, 6) is -0.133. The number of amides is 1. The minimum Gasteiger partial charge on any atom is -0.384 e. The lowest BCUT2D eigenvalue weighted by molar-refractivity contribution is -0.124. The third-order valence-corrected chi connectivity index (χ3v) is 2.64. The molecule has 0 aliphatic heterocycles. The highest BCUT2D eigenvalue weighted by atomic mass is 35.5. The van der Waals surface area contributed by atoms with Crippen molar-refractivity contribution in [2.24, 2.45) is 11.7 Å². The summed E-state index contributed by atoms with van der Waals surface area (Å²) >= 11 is 5.90. The van der Waals surface area contributed by atoms with E-state index in [1.807, 2.05) is 13.8 Å². The number of carbonyl (C=O) groups is 1. The highest BCUT2D eigenvalue weighted by molar-refractivity contribution is 6.33. The van der Waals surface area contributed by atoms with E-state index < -0.39 is 0 Å². The van der Waals surface area contributed by atoms with Crippen molar-refractivity contribution in [1.29, 1.82) is 5.41 Å². The van der Waals surface area contributed by atoms with Gasteiger partial charge in [0.1, 0.15) is 5.84 Å². The van der Waals surface area contributed by atoms with Crippen LogP contribution in [0.4, 0.5) is 0 Å². The molecule has 4 nitrogen and oxygen atoms in total. The molecule has 92 valence electrons. The third kappa shape index (κ3) is 3.75. The van der Waals surface area contributed by atoms with Gasteiger partial charge in [-0.2, -0.15) is 0 Å². The van der Waals surface area contributed by atoms with Crippen molar-refractivity contribution in [2.45, 2.75) is 20.4 Å². The Balaban J connectivity index is 2.76. The summed E-state index contributed by atoms with van der Waals surface area (Å²) in [6.45, 7) is 4.07. The Morgan fingerprint density at radius 3 is 2.71 bits per heavy atom.